The molecular weight excluding hydrogens is 422 g/mol. The number of aryl methyl sites for hydroxylation is 1. The predicted octanol–water partition coefficient (Wildman–Crippen LogP) is 4.72. The van der Waals surface area contributed by atoms with E-state index >= 15 is 0 Å². The molecule has 0 spiro atoms. The van der Waals surface area contributed by atoms with Gasteiger partial charge in [0.15, 0.2) is 11.5 Å². The zero-order valence-electron chi connectivity index (χ0n) is 18.7. The van der Waals surface area contributed by atoms with Crippen molar-refractivity contribution in [1.82, 2.24) is 0 Å². The number of carboxylic acids is 1. The van der Waals surface area contributed by atoms with E-state index in [1.165, 1.54) is 7.11 Å². The summed E-state index contributed by atoms with van der Waals surface area (Å²) in [4.78, 5) is 15.7. The lowest BCUT2D eigenvalue weighted by Gasteiger charge is -2.13. The van der Waals surface area contributed by atoms with Crippen LogP contribution in [0.2, 0.25) is 0 Å². The molecule has 1 N–H and O–H groups in total. The summed E-state index contributed by atoms with van der Waals surface area (Å²) in [6.07, 6.45) is 0.510. The number of methoxy groups -OCH3 is 1. The van der Waals surface area contributed by atoms with Crippen LogP contribution in [-0.2, 0) is 22.7 Å². The number of rotatable bonds is 12. The highest BCUT2D eigenvalue weighted by atomic mass is 16.6. The molecule has 0 saturated heterocycles. The standard InChI is InChI=1S/C26H27NO6/c1-30-25-16-19(11-15-26(28)29)10-14-24(25)33-17-20-8-12-22(13-9-20)32-18-23(27-31-2)21-6-4-3-5-7-21/h3-10,12-14,16H,11,15,17-18H2,1-2H3,(H,28,29)/b27-23-. The number of oxime groups is 1. The fraction of sp³-hybridized carbons (Fsp3) is 0.231. The van der Waals surface area contributed by atoms with Gasteiger partial charge in [-0.3, -0.25) is 4.79 Å². The first-order chi connectivity index (χ1) is 16.1. The van der Waals surface area contributed by atoms with Gasteiger partial charge in [0.25, 0.3) is 0 Å². The smallest absolute Gasteiger partial charge is 0.303 e. The number of aliphatic carboxylic acids is 1. The van der Waals surface area contributed by atoms with E-state index in [0.717, 1.165) is 16.7 Å². The average Bonchev–Trinajstić information content (AvgIpc) is 2.85. The molecule has 33 heavy (non-hydrogen) atoms. The van der Waals surface area contributed by atoms with Gasteiger partial charge in [0.05, 0.1) is 7.11 Å². The molecule has 3 rings (SSSR count). The van der Waals surface area contributed by atoms with Crippen molar-refractivity contribution in [2.24, 2.45) is 5.16 Å². The van der Waals surface area contributed by atoms with Crippen LogP contribution in [0.3, 0.4) is 0 Å². The normalized spacial score (nSPS) is 11.0. The molecule has 172 valence electrons. The number of carbonyl (C=O) groups is 1. The molecule has 0 aliphatic carbocycles. The van der Waals surface area contributed by atoms with Crippen molar-refractivity contribution in [3.8, 4) is 17.2 Å². The Hall–Kier alpha value is -4.00. The number of ether oxygens (including phenoxy) is 3. The molecule has 0 heterocycles. The maximum atomic E-state index is 10.8. The molecule has 0 aliphatic rings. The van der Waals surface area contributed by atoms with Gasteiger partial charge in [0, 0.05) is 12.0 Å². The van der Waals surface area contributed by atoms with Gasteiger partial charge in [-0.2, -0.15) is 0 Å². The van der Waals surface area contributed by atoms with E-state index in [4.69, 9.17) is 24.2 Å². The van der Waals surface area contributed by atoms with E-state index < -0.39 is 5.97 Å². The summed E-state index contributed by atoms with van der Waals surface area (Å²) < 4.78 is 17.2. The summed E-state index contributed by atoms with van der Waals surface area (Å²) in [6, 6.07) is 22.8. The second kappa shape index (κ2) is 12.1. The largest absolute Gasteiger partial charge is 0.493 e. The van der Waals surface area contributed by atoms with Gasteiger partial charge in [-0.15, -0.1) is 0 Å². The molecule has 0 bridgehead atoms. The minimum absolute atomic E-state index is 0.0714. The molecule has 0 aromatic heterocycles. The van der Waals surface area contributed by atoms with E-state index in [9.17, 15) is 4.79 Å². The molecule has 3 aromatic rings. The van der Waals surface area contributed by atoms with E-state index in [1.807, 2.05) is 60.7 Å². The molecule has 3 aromatic carbocycles. The highest BCUT2D eigenvalue weighted by Crippen LogP contribution is 2.29. The molecule has 0 unspecified atom stereocenters. The van der Waals surface area contributed by atoms with Crippen LogP contribution in [-0.4, -0.2) is 37.6 Å². The van der Waals surface area contributed by atoms with Gasteiger partial charge in [0.2, 0.25) is 0 Å². The van der Waals surface area contributed by atoms with Crippen molar-refractivity contribution in [2.75, 3.05) is 20.8 Å². The number of hydrogen-bond donors (Lipinski definition) is 1. The maximum absolute atomic E-state index is 10.8. The van der Waals surface area contributed by atoms with Gasteiger partial charge >= 0.3 is 5.97 Å². The van der Waals surface area contributed by atoms with Crippen molar-refractivity contribution in [3.63, 3.8) is 0 Å². The third-order valence-corrected chi connectivity index (χ3v) is 4.86. The highest BCUT2D eigenvalue weighted by molar-refractivity contribution is 6.01. The van der Waals surface area contributed by atoms with E-state index in [-0.39, 0.29) is 13.0 Å². The van der Waals surface area contributed by atoms with Crippen LogP contribution >= 0.6 is 0 Å². The molecule has 0 saturated carbocycles. The molecular formula is C26H27NO6. The number of carboxylic acid groups (broad SMARTS) is 1. The Balaban J connectivity index is 1.56. The van der Waals surface area contributed by atoms with Crippen molar-refractivity contribution >= 4 is 11.7 Å². The predicted molar refractivity (Wildman–Crippen MR) is 125 cm³/mol. The quantitative estimate of drug-likeness (QED) is 0.318. The van der Waals surface area contributed by atoms with Gasteiger partial charge < -0.3 is 24.2 Å². The monoisotopic (exact) mass is 449 g/mol. The number of benzene rings is 3. The lowest BCUT2D eigenvalue weighted by molar-refractivity contribution is -0.136. The van der Waals surface area contributed by atoms with E-state index in [2.05, 4.69) is 5.16 Å². The van der Waals surface area contributed by atoms with Crippen molar-refractivity contribution in [2.45, 2.75) is 19.4 Å². The summed E-state index contributed by atoms with van der Waals surface area (Å²) in [5, 5.41) is 12.9. The van der Waals surface area contributed by atoms with Gasteiger partial charge in [-0.25, -0.2) is 0 Å². The third-order valence-electron chi connectivity index (χ3n) is 4.86. The Labute approximate surface area is 193 Å². The van der Waals surface area contributed by atoms with Gasteiger partial charge in [0.1, 0.15) is 31.8 Å². The Morgan fingerprint density at radius 1 is 0.879 bits per heavy atom. The zero-order valence-corrected chi connectivity index (χ0v) is 18.7. The van der Waals surface area contributed by atoms with Crippen LogP contribution in [0, 0.1) is 0 Å². The lowest BCUT2D eigenvalue weighted by Crippen LogP contribution is -2.13. The first-order valence-electron chi connectivity index (χ1n) is 10.5. The SMILES string of the molecule is CO/N=C(/COc1ccc(COc2ccc(CCC(=O)O)cc2OC)cc1)c1ccccc1. The second-order valence-electron chi connectivity index (χ2n) is 7.19. The van der Waals surface area contributed by atoms with Crippen LogP contribution < -0.4 is 14.2 Å². The minimum Gasteiger partial charge on any atom is -0.493 e. The molecule has 0 aliphatic heterocycles. The molecule has 0 amide bonds. The average molecular weight is 450 g/mol. The first-order valence-corrected chi connectivity index (χ1v) is 10.5. The first kappa shape index (κ1) is 23.7. The fourth-order valence-electron chi connectivity index (χ4n) is 3.14. The Bertz CT molecular complexity index is 1060. The summed E-state index contributed by atoms with van der Waals surface area (Å²) >= 11 is 0. The summed E-state index contributed by atoms with van der Waals surface area (Å²) in [5.41, 5.74) is 3.49. The summed E-state index contributed by atoms with van der Waals surface area (Å²) in [7, 11) is 3.07. The number of nitrogens with zero attached hydrogens (tertiary/aromatic N) is 1. The molecule has 0 radical (unpaired) electrons. The molecule has 7 heteroatoms. The van der Waals surface area contributed by atoms with E-state index in [1.54, 1.807) is 19.2 Å². The van der Waals surface area contributed by atoms with Crippen LogP contribution in [0.15, 0.2) is 78.0 Å². The molecule has 0 fully saturated rings. The minimum atomic E-state index is -0.830. The zero-order chi connectivity index (χ0) is 23.5. The van der Waals surface area contributed by atoms with Crippen molar-refractivity contribution in [1.29, 1.82) is 0 Å². The summed E-state index contributed by atoms with van der Waals surface area (Å²) in [6.45, 7) is 0.630. The van der Waals surface area contributed by atoms with Crippen LogP contribution in [0.4, 0.5) is 0 Å². The van der Waals surface area contributed by atoms with Crippen LogP contribution in [0.25, 0.3) is 0 Å². The topological polar surface area (TPSA) is 86.6 Å². The molecule has 7 nitrogen and oxygen atoms in total. The maximum Gasteiger partial charge on any atom is 0.303 e. The van der Waals surface area contributed by atoms with Crippen molar-refractivity contribution in [3.05, 3.63) is 89.5 Å². The second-order valence-corrected chi connectivity index (χ2v) is 7.19. The number of hydrogen-bond acceptors (Lipinski definition) is 6. The van der Waals surface area contributed by atoms with Crippen LogP contribution in [0.1, 0.15) is 23.1 Å². The van der Waals surface area contributed by atoms with Crippen molar-refractivity contribution < 1.29 is 28.9 Å². The lowest BCUT2D eigenvalue weighted by atomic mass is 10.1. The fourth-order valence-corrected chi connectivity index (χ4v) is 3.14. The Morgan fingerprint density at radius 2 is 1.61 bits per heavy atom. The van der Waals surface area contributed by atoms with Gasteiger partial charge in [-0.1, -0.05) is 53.7 Å². The Kier molecular flexibility index (Phi) is 8.71. The Morgan fingerprint density at radius 3 is 2.27 bits per heavy atom. The highest BCUT2D eigenvalue weighted by Gasteiger charge is 2.09. The molecule has 0 atom stereocenters. The van der Waals surface area contributed by atoms with E-state index in [0.29, 0.717) is 36.0 Å². The third kappa shape index (κ3) is 7.28. The van der Waals surface area contributed by atoms with Gasteiger partial charge in [-0.05, 0) is 41.8 Å². The van der Waals surface area contributed by atoms with Crippen LogP contribution in [0.5, 0.6) is 17.2 Å². The summed E-state index contributed by atoms with van der Waals surface area (Å²) in [5.74, 6) is 1.05.